The summed E-state index contributed by atoms with van der Waals surface area (Å²) in [6.45, 7) is 7.58. The van der Waals surface area contributed by atoms with E-state index in [9.17, 15) is 0 Å². The lowest BCUT2D eigenvalue weighted by Gasteiger charge is -2.18. The monoisotopic (exact) mass is 188 g/mol. The van der Waals surface area contributed by atoms with Crippen molar-refractivity contribution < 1.29 is 5.11 Å². The maximum atomic E-state index is 9.03. The fourth-order valence-electron chi connectivity index (χ4n) is 1.57. The van der Waals surface area contributed by atoms with Crippen molar-refractivity contribution in [3.63, 3.8) is 0 Å². The predicted molar refractivity (Wildman–Crippen MR) is 60.9 cm³/mol. The van der Waals surface area contributed by atoms with Gasteiger partial charge in [-0.25, -0.2) is 0 Å². The highest BCUT2D eigenvalue weighted by atomic mass is 16.3. The van der Waals surface area contributed by atoms with Gasteiger partial charge in [-0.15, -0.1) is 0 Å². The summed E-state index contributed by atoms with van der Waals surface area (Å²) in [6, 6.07) is 0. The Labute approximate surface area is 85.5 Å². The fourth-order valence-corrected chi connectivity index (χ4v) is 1.57. The Morgan fingerprint density at radius 2 is 2.36 bits per heavy atom. The molecule has 1 aliphatic rings. The third-order valence-electron chi connectivity index (χ3n) is 2.33. The first kappa shape index (κ1) is 10.7. The van der Waals surface area contributed by atoms with Crippen LogP contribution in [0.5, 0.6) is 0 Å². The summed E-state index contributed by atoms with van der Waals surface area (Å²) in [5.41, 5.74) is 2.21. The molecule has 14 heavy (non-hydrogen) atoms. The maximum absolute atomic E-state index is 9.03. The molecule has 0 aliphatic heterocycles. The van der Waals surface area contributed by atoms with Gasteiger partial charge in [0.2, 0.25) is 0 Å². The van der Waals surface area contributed by atoms with Crippen molar-refractivity contribution in [1.82, 2.24) is 0 Å². The molecule has 0 saturated carbocycles. The Balaban J connectivity index is 2.77. The van der Waals surface area contributed by atoms with E-state index < -0.39 is 0 Å². The lowest BCUT2D eigenvalue weighted by Crippen LogP contribution is -2.06. The third-order valence-corrected chi connectivity index (χ3v) is 2.33. The van der Waals surface area contributed by atoms with Crippen LogP contribution < -0.4 is 0 Å². The van der Waals surface area contributed by atoms with E-state index in [2.05, 4.69) is 19.2 Å². The van der Waals surface area contributed by atoms with Gasteiger partial charge in [0.25, 0.3) is 0 Å². The van der Waals surface area contributed by atoms with E-state index in [-0.39, 0.29) is 6.61 Å². The summed E-state index contributed by atoms with van der Waals surface area (Å²) in [5.74, 6) is 0.331. The zero-order valence-electron chi connectivity index (χ0n) is 8.32. The quantitative estimate of drug-likeness (QED) is 0.673. The van der Waals surface area contributed by atoms with Crippen LogP contribution in [0, 0.1) is 5.92 Å². The molecule has 0 heterocycles. The van der Waals surface area contributed by atoms with Crippen LogP contribution in [0.2, 0.25) is 0 Å². The number of allylic oxidation sites excluding steroid dienone is 7. The molecule has 1 nitrogen and oxygen atoms in total. The van der Waals surface area contributed by atoms with Crippen LogP contribution in [0.15, 0.2) is 60.8 Å². The summed E-state index contributed by atoms with van der Waals surface area (Å²) < 4.78 is 0. The zero-order chi connectivity index (χ0) is 10.4. The molecule has 0 aromatic rings. The molecule has 0 aromatic heterocycles. The second kappa shape index (κ2) is 5.40. The Morgan fingerprint density at radius 1 is 1.57 bits per heavy atom. The van der Waals surface area contributed by atoms with E-state index in [1.807, 2.05) is 24.3 Å². The van der Waals surface area contributed by atoms with E-state index in [1.54, 1.807) is 6.08 Å². The lowest BCUT2D eigenvalue weighted by atomic mass is 9.88. The summed E-state index contributed by atoms with van der Waals surface area (Å²) in [5, 5.41) is 9.03. The van der Waals surface area contributed by atoms with E-state index >= 15 is 0 Å². The van der Waals surface area contributed by atoms with Gasteiger partial charge in [0.05, 0.1) is 6.61 Å². The van der Waals surface area contributed by atoms with Crippen molar-refractivity contribution >= 4 is 0 Å². The molecule has 0 amide bonds. The van der Waals surface area contributed by atoms with E-state index in [1.165, 1.54) is 0 Å². The lowest BCUT2D eigenvalue weighted by molar-refractivity contribution is 0.324. The van der Waals surface area contributed by atoms with Crippen LogP contribution >= 0.6 is 0 Å². The molecule has 1 atom stereocenters. The molecule has 1 rings (SSSR count). The smallest absolute Gasteiger partial charge is 0.0645 e. The van der Waals surface area contributed by atoms with Gasteiger partial charge in [0, 0.05) is 5.92 Å². The van der Waals surface area contributed by atoms with Crippen LogP contribution in [0.3, 0.4) is 0 Å². The minimum atomic E-state index is 0.138. The van der Waals surface area contributed by atoms with Gasteiger partial charge < -0.3 is 5.11 Å². The van der Waals surface area contributed by atoms with Crippen molar-refractivity contribution in [2.45, 2.75) is 6.42 Å². The van der Waals surface area contributed by atoms with Gasteiger partial charge in [-0.1, -0.05) is 49.6 Å². The largest absolute Gasteiger partial charge is 0.392 e. The maximum Gasteiger partial charge on any atom is 0.0645 e. The van der Waals surface area contributed by atoms with E-state index in [4.69, 9.17) is 5.11 Å². The average molecular weight is 188 g/mol. The fraction of sp³-hybridized carbons (Fsp3) is 0.231. The van der Waals surface area contributed by atoms with Crippen molar-refractivity contribution in [1.29, 1.82) is 0 Å². The highest BCUT2D eigenvalue weighted by molar-refractivity contribution is 5.33. The van der Waals surface area contributed by atoms with Crippen LogP contribution in [-0.4, -0.2) is 11.7 Å². The van der Waals surface area contributed by atoms with Crippen LogP contribution in [0.25, 0.3) is 0 Å². The number of hydrogen-bond acceptors (Lipinski definition) is 1. The number of rotatable bonds is 4. The first-order chi connectivity index (χ1) is 6.81. The summed E-state index contributed by atoms with van der Waals surface area (Å²) >= 11 is 0. The average Bonchev–Trinajstić information content (AvgIpc) is 2.26. The Hall–Kier alpha value is -1.34. The number of aliphatic hydroxyl groups excluding tert-OH is 1. The molecule has 0 fully saturated rings. The molecule has 0 aromatic carbocycles. The molecular weight excluding hydrogens is 172 g/mol. The summed E-state index contributed by atoms with van der Waals surface area (Å²) in [7, 11) is 0. The van der Waals surface area contributed by atoms with E-state index in [0.717, 1.165) is 17.6 Å². The Kier molecular flexibility index (Phi) is 4.14. The molecular formula is C13H16O. The highest BCUT2D eigenvalue weighted by Crippen LogP contribution is 2.25. The zero-order valence-corrected chi connectivity index (χ0v) is 8.32. The number of aliphatic hydroxyl groups is 1. The van der Waals surface area contributed by atoms with Gasteiger partial charge in [0.15, 0.2) is 0 Å². The van der Waals surface area contributed by atoms with Crippen molar-refractivity contribution in [2.24, 2.45) is 5.92 Å². The first-order valence-electron chi connectivity index (χ1n) is 4.74. The minimum Gasteiger partial charge on any atom is -0.392 e. The van der Waals surface area contributed by atoms with Crippen LogP contribution in [-0.2, 0) is 0 Å². The first-order valence-corrected chi connectivity index (χ1v) is 4.74. The van der Waals surface area contributed by atoms with Crippen molar-refractivity contribution in [3.8, 4) is 0 Å². The summed E-state index contributed by atoms with van der Waals surface area (Å²) in [4.78, 5) is 0. The van der Waals surface area contributed by atoms with E-state index in [0.29, 0.717) is 5.92 Å². The minimum absolute atomic E-state index is 0.138. The second-order valence-electron chi connectivity index (χ2n) is 3.29. The van der Waals surface area contributed by atoms with Crippen LogP contribution in [0.1, 0.15) is 6.42 Å². The SMILES string of the molecule is C=C/C=C(\C=C)C1C=CC=C(CO)C1. The molecule has 74 valence electrons. The predicted octanol–water partition coefficient (Wildman–Crippen LogP) is 2.78. The van der Waals surface area contributed by atoms with Crippen molar-refractivity contribution in [2.75, 3.05) is 6.61 Å². The Bertz CT molecular complexity index is 305. The van der Waals surface area contributed by atoms with Crippen LogP contribution in [0.4, 0.5) is 0 Å². The molecule has 1 aliphatic carbocycles. The molecule has 0 spiro atoms. The normalized spacial score (nSPS) is 21.6. The number of hydrogen-bond donors (Lipinski definition) is 1. The van der Waals surface area contributed by atoms with Gasteiger partial charge >= 0.3 is 0 Å². The summed E-state index contributed by atoms with van der Waals surface area (Å²) in [6.07, 6.45) is 12.5. The molecule has 1 N–H and O–H groups in total. The van der Waals surface area contributed by atoms with Crippen molar-refractivity contribution in [3.05, 3.63) is 60.8 Å². The van der Waals surface area contributed by atoms with Gasteiger partial charge in [-0.2, -0.15) is 0 Å². The molecule has 0 saturated heterocycles. The molecule has 0 bridgehead atoms. The molecule has 1 unspecified atom stereocenters. The highest BCUT2D eigenvalue weighted by Gasteiger charge is 2.12. The topological polar surface area (TPSA) is 20.2 Å². The van der Waals surface area contributed by atoms with Gasteiger partial charge in [-0.05, 0) is 17.6 Å². The molecule has 1 heteroatoms. The van der Waals surface area contributed by atoms with Gasteiger partial charge in [-0.3, -0.25) is 0 Å². The van der Waals surface area contributed by atoms with Gasteiger partial charge in [0.1, 0.15) is 0 Å². The Morgan fingerprint density at radius 3 is 2.93 bits per heavy atom. The third kappa shape index (κ3) is 2.57. The second-order valence-corrected chi connectivity index (χ2v) is 3.29. The standard InChI is InChI=1S/C13H16O/c1-3-6-12(4-2)13-8-5-7-11(9-13)10-14/h3-8,13-14H,1-2,9-10H2/b12-6+. The molecule has 0 radical (unpaired) electrons.